The van der Waals surface area contributed by atoms with Crippen LogP contribution in [0.4, 0.5) is 5.69 Å². The Hall–Kier alpha value is -1.19. The molecule has 2 nitrogen and oxygen atoms in total. The minimum Gasteiger partial charge on any atom is -0.493 e. The van der Waals surface area contributed by atoms with Gasteiger partial charge in [0.2, 0.25) is 0 Å². The first-order valence-corrected chi connectivity index (χ1v) is 7.79. The number of halogens is 1. The Morgan fingerprint density at radius 1 is 1.26 bits per heavy atom. The van der Waals surface area contributed by atoms with Crippen LogP contribution in [0.5, 0.6) is 5.75 Å². The highest BCUT2D eigenvalue weighted by atomic mass is 35.5. The van der Waals surface area contributed by atoms with Crippen LogP contribution in [0.2, 0.25) is 4.34 Å². The number of aryl methyl sites for hydroxylation is 1. The van der Waals surface area contributed by atoms with E-state index in [1.54, 1.807) is 11.3 Å². The highest BCUT2D eigenvalue weighted by Crippen LogP contribution is 2.41. The zero-order chi connectivity index (χ0) is 12.8. The molecule has 1 aliphatic carbocycles. The molecule has 2 aliphatic rings. The fraction of sp³-hybridized carbons (Fsp3) is 0.333. The van der Waals surface area contributed by atoms with Gasteiger partial charge in [-0.05, 0) is 48.2 Å². The number of anilines is 1. The summed E-state index contributed by atoms with van der Waals surface area (Å²) in [6.07, 6.45) is 3.31. The monoisotopic (exact) mass is 291 g/mol. The van der Waals surface area contributed by atoms with Gasteiger partial charge in [-0.1, -0.05) is 11.6 Å². The molecule has 1 atom stereocenters. The molecule has 4 heteroatoms. The standard InChI is InChI=1S/C15H14ClNOS/c16-15-8-11-12(2-4-14(11)19-15)17-10-1-3-13-9(7-10)5-6-18-13/h1,3,7-8,12,17H,2,4-6H2. The lowest BCUT2D eigenvalue weighted by Crippen LogP contribution is -2.06. The molecule has 98 valence electrons. The Kier molecular flexibility index (Phi) is 2.71. The Bertz CT molecular complexity index is 637. The van der Waals surface area contributed by atoms with Gasteiger partial charge in [0, 0.05) is 17.0 Å². The van der Waals surface area contributed by atoms with Crippen molar-refractivity contribution in [2.45, 2.75) is 25.3 Å². The second-order valence-corrected chi connectivity index (χ2v) is 6.85. The Morgan fingerprint density at radius 2 is 2.21 bits per heavy atom. The third kappa shape index (κ3) is 2.01. The average Bonchev–Trinajstić information content (AvgIpc) is 3.06. The van der Waals surface area contributed by atoms with Crippen molar-refractivity contribution in [3.8, 4) is 5.75 Å². The van der Waals surface area contributed by atoms with E-state index in [2.05, 4.69) is 29.6 Å². The van der Waals surface area contributed by atoms with E-state index in [1.807, 2.05) is 0 Å². The van der Waals surface area contributed by atoms with Gasteiger partial charge in [0.05, 0.1) is 17.0 Å². The molecule has 1 unspecified atom stereocenters. The molecule has 1 aliphatic heterocycles. The van der Waals surface area contributed by atoms with E-state index in [0.29, 0.717) is 6.04 Å². The van der Waals surface area contributed by atoms with E-state index in [4.69, 9.17) is 16.3 Å². The van der Waals surface area contributed by atoms with Crippen molar-refractivity contribution < 1.29 is 4.74 Å². The highest BCUT2D eigenvalue weighted by molar-refractivity contribution is 7.16. The van der Waals surface area contributed by atoms with E-state index in [9.17, 15) is 0 Å². The van der Waals surface area contributed by atoms with Gasteiger partial charge in [0.15, 0.2) is 0 Å². The zero-order valence-electron chi connectivity index (χ0n) is 10.4. The number of benzene rings is 1. The maximum atomic E-state index is 6.10. The van der Waals surface area contributed by atoms with Gasteiger partial charge in [0.1, 0.15) is 5.75 Å². The molecule has 2 heterocycles. The first kappa shape index (κ1) is 11.6. The van der Waals surface area contributed by atoms with Crippen molar-refractivity contribution in [1.29, 1.82) is 0 Å². The molecule has 0 saturated carbocycles. The lowest BCUT2D eigenvalue weighted by Gasteiger charge is -2.15. The van der Waals surface area contributed by atoms with E-state index < -0.39 is 0 Å². The zero-order valence-corrected chi connectivity index (χ0v) is 12.0. The smallest absolute Gasteiger partial charge is 0.122 e. The van der Waals surface area contributed by atoms with Crippen molar-refractivity contribution in [3.05, 3.63) is 44.6 Å². The Balaban J connectivity index is 1.59. The van der Waals surface area contributed by atoms with Gasteiger partial charge in [0.25, 0.3) is 0 Å². The molecule has 0 radical (unpaired) electrons. The number of thiophene rings is 1. The number of hydrogen-bond donors (Lipinski definition) is 1. The highest BCUT2D eigenvalue weighted by Gasteiger charge is 2.25. The van der Waals surface area contributed by atoms with Crippen LogP contribution in [0.3, 0.4) is 0 Å². The average molecular weight is 292 g/mol. The van der Waals surface area contributed by atoms with Crippen LogP contribution >= 0.6 is 22.9 Å². The first-order chi connectivity index (χ1) is 9.29. The first-order valence-electron chi connectivity index (χ1n) is 6.60. The van der Waals surface area contributed by atoms with Crippen LogP contribution in [0.1, 0.15) is 28.5 Å². The Labute approximate surface area is 121 Å². The normalized spacial score (nSPS) is 19.9. The third-order valence-electron chi connectivity index (χ3n) is 3.88. The molecule has 1 aromatic heterocycles. The lowest BCUT2D eigenvalue weighted by molar-refractivity contribution is 0.357. The van der Waals surface area contributed by atoms with Gasteiger partial charge < -0.3 is 10.1 Å². The summed E-state index contributed by atoms with van der Waals surface area (Å²) < 4.78 is 6.44. The maximum Gasteiger partial charge on any atom is 0.122 e. The summed E-state index contributed by atoms with van der Waals surface area (Å²) in [6, 6.07) is 8.91. The number of ether oxygens (including phenoxy) is 1. The molecule has 0 amide bonds. The molecule has 4 rings (SSSR count). The fourth-order valence-electron chi connectivity index (χ4n) is 2.96. The molecule has 0 bridgehead atoms. The predicted octanol–water partition coefficient (Wildman–Crippen LogP) is 4.44. The van der Waals surface area contributed by atoms with Crippen LogP contribution < -0.4 is 10.1 Å². The van der Waals surface area contributed by atoms with E-state index in [0.717, 1.165) is 36.0 Å². The molecule has 0 fully saturated rings. The minimum absolute atomic E-state index is 0.402. The second kappa shape index (κ2) is 4.43. The van der Waals surface area contributed by atoms with E-state index in [1.165, 1.54) is 21.7 Å². The number of hydrogen-bond acceptors (Lipinski definition) is 3. The van der Waals surface area contributed by atoms with Gasteiger partial charge >= 0.3 is 0 Å². The van der Waals surface area contributed by atoms with Gasteiger partial charge in [-0.2, -0.15) is 0 Å². The molecule has 2 aromatic rings. The topological polar surface area (TPSA) is 21.3 Å². The molecule has 1 N–H and O–H groups in total. The molecule has 0 spiro atoms. The summed E-state index contributed by atoms with van der Waals surface area (Å²) in [6.45, 7) is 0.812. The van der Waals surface area contributed by atoms with Crippen LogP contribution in [0, 0.1) is 0 Å². The Morgan fingerprint density at radius 3 is 3.16 bits per heavy atom. The number of rotatable bonds is 2. The lowest BCUT2D eigenvalue weighted by atomic mass is 10.1. The van der Waals surface area contributed by atoms with Gasteiger partial charge in [-0.25, -0.2) is 0 Å². The number of nitrogens with one attached hydrogen (secondary N) is 1. The fourth-order valence-corrected chi connectivity index (χ4v) is 4.31. The van der Waals surface area contributed by atoms with Crippen molar-refractivity contribution in [2.24, 2.45) is 0 Å². The molecular weight excluding hydrogens is 278 g/mol. The van der Waals surface area contributed by atoms with Crippen LogP contribution in [0.15, 0.2) is 24.3 Å². The summed E-state index contributed by atoms with van der Waals surface area (Å²) in [4.78, 5) is 1.44. The molecule has 1 aromatic carbocycles. The largest absolute Gasteiger partial charge is 0.493 e. The quantitative estimate of drug-likeness (QED) is 0.883. The minimum atomic E-state index is 0.402. The van der Waals surface area contributed by atoms with Gasteiger partial charge in [-0.3, -0.25) is 0 Å². The van der Waals surface area contributed by atoms with Crippen LogP contribution in [0.25, 0.3) is 0 Å². The maximum absolute atomic E-state index is 6.10. The number of fused-ring (bicyclic) bond motifs is 2. The summed E-state index contributed by atoms with van der Waals surface area (Å²) >= 11 is 7.81. The predicted molar refractivity (Wildman–Crippen MR) is 79.7 cm³/mol. The van der Waals surface area contributed by atoms with Crippen molar-refractivity contribution >= 4 is 28.6 Å². The van der Waals surface area contributed by atoms with E-state index in [-0.39, 0.29) is 0 Å². The van der Waals surface area contributed by atoms with Crippen molar-refractivity contribution in [3.63, 3.8) is 0 Å². The molecule has 19 heavy (non-hydrogen) atoms. The summed E-state index contributed by atoms with van der Waals surface area (Å²) in [5.41, 5.74) is 3.88. The SMILES string of the molecule is Clc1cc2c(s1)CCC2Nc1ccc2c(c1)CCO2. The summed E-state index contributed by atoms with van der Waals surface area (Å²) in [5.74, 6) is 1.04. The summed E-state index contributed by atoms with van der Waals surface area (Å²) in [5, 5.41) is 3.63. The molecular formula is C15H14ClNOS. The summed E-state index contributed by atoms with van der Waals surface area (Å²) in [7, 11) is 0. The second-order valence-electron chi connectivity index (χ2n) is 5.09. The third-order valence-corrected chi connectivity index (χ3v) is 5.22. The van der Waals surface area contributed by atoms with Crippen LogP contribution in [-0.4, -0.2) is 6.61 Å². The molecule has 0 saturated heterocycles. The van der Waals surface area contributed by atoms with E-state index >= 15 is 0 Å². The van der Waals surface area contributed by atoms with Gasteiger partial charge in [-0.15, -0.1) is 11.3 Å². The van der Waals surface area contributed by atoms with Crippen molar-refractivity contribution in [2.75, 3.05) is 11.9 Å². The van der Waals surface area contributed by atoms with Crippen molar-refractivity contribution in [1.82, 2.24) is 0 Å². The van der Waals surface area contributed by atoms with Crippen LogP contribution in [-0.2, 0) is 12.8 Å².